The van der Waals surface area contributed by atoms with Crippen LogP contribution in [0.2, 0.25) is 0 Å². The van der Waals surface area contributed by atoms with Gasteiger partial charge in [0.05, 0.1) is 25.8 Å². The summed E-state index contributed by atoms with van der Waals surface area (Å²) in [5.41, 5.74) is 1.51. The van der Waals surface area contributed by atoms with E-state index in [1.807, 2.05) is 6.20 Å². The predicted octanol–water partition coefficient (Wildman–Crippen LogP) is 1.86. The lowest BCUT2D eigenvalue weighted by molar-refractivity contribution is 0.350. The Morgan fingerprint density at radius 1 is 1.12 bits per heavy atom. The van der Waals surface area contributed by atoms with Crippen LogP contribution < -0.4 is 14.4 Å². The maximum absolute atomic E-state index is 5.36. The van der Waals surface area contributed by atoms with Crippen LogP contribution in [0, 0.1) is 5.41 Å². The van der Waals surface area contributed by atoms with Crippen molar-refractivity contribution in [2.45, 2.75) is 20.3 Å². The molecule has 0 bridgehead atoms. The first-order valence-corrected chi connectivity index (χ1v) is 8.41. The van der Waals surface area contributed by atoms with Crippen LogP contribution in [0.25, 0.3) is 16.7 Å². The first kappa shape index (κ1) is 16.5. The molecule has 0 amide bonds. The summed E-state index contributed by atoms with van der Waals surface area (Å²) in [5, 5.41) is 5.45. The maximum Gasteiger partial charge on any atom is 0.319 e. The molecule has 1 aliphatic rings. The second-order valence-electron chi connectivity index (χ2n) is 7.10. The Balaban J connectivity index is 1.79. The summed E-state index contributed by atoms with van der Waals surface area (Å²) >= 11 is 0. The summed E-state index contributed by atoms with van der Waals surface area (Å²) in [6, 6.07) is 0.238. The lowest BCUT2D eigenvalue weighted by Gasteiger charge is -2.20. The molecule has 9 nitrogen and oxygen atoms in total. The fraction of sp³-hybridized carbons (Fsp3) is 0.471. The molecule has 0 atom stereocenters. The highest BCUT2D eigenvalue weighted by atomic mass is 16.5. The Morgan fingerprint density at radius 2 is 1.96 bits per heavy atom. The summed E-state index contributed by atoms with van der Waals surface area (Å²) < 4.78 is 12.1. The van der Waals surface area contributed by atoms with Crippen molar-refractivity contribution in [3.8, 4) is 17.6 Å². The Morgan fingerprint density at radius 3 is 2.65 bits per heavy atom. The second-order valence-corrected chi connectivity index (χ2v) is 7.10. The molecule has 0 spiro atoms. The van der Waals surface area contributed by atoms with Crippen molar-refractivity contribution in [1.82, 2.24) is 29.7 Å². The van der Waals surface area contributed by atoms with E-state index in [-0.39, 0.29) is 11.4 Å². The van der Waals surface area contributed by atoms with E-state index in [4.69, 9.17) is 9.47 Å². The number of nitrogens with zero attached hydrogens (tertiary/aromatic N) is 7. The van der Waals surface area contributed by atoms with Gasteiger partial charge in [-0.1, -0.05) is 13.8 Å². The molecular formula is C17H21N7O2. The van der Waals surface area contributed by atoms with Crippen molar-refractivity contribution >= 4 is 16.9 Å². The summed E-state index contributed by atoms with van der Waals surface area (Å²) in [6.07, 6.45) is 6.20. The van der Waals surface area contributed by atoms with Gasteiger partial charge in [0.1, 0.15) is 17.8 Å². The zero-order valence-corrected chi connectivity index (χ0v) is 15.3. The smallest absolute Gasteiger partial charge is 0.319 e. The molecule has 3 aromatic heterocycles. The van der Waals surface area contributed by atoms with Gasteiger partial charge in [-0.3, -0.25) is 0 Å². The molecule has 0 aliphatic carbocycles. The third-order valence-corrected chi connectivity index (χ3v) is 4.61. The van der Waals surface area contributed by atoms with Gasteiger partial charge >= 0.3 is 6.01 Å². The van der Waals surface area contributed by atoms with Crippen LogP contribution in [0.15, 0.2) is 18.7 Å². The number of fused-ring (bicyclic) bond motifs is 1. The van der Waals surface area contributed by atoms with Crippen molar-refractivity contribution in [3.05, 3.63) is 18.7 Å². The van der Waals surface area contributed by atoms with Crippen molar-refractivity contribution in [1.29, 1.82) is 0 Å². The van der Waals surface area contributed by atoms with Gasteiger partial charge in [-0.25, -0.2) is 19.6 Å². The minimum absolute atomic E-state index is 0.238. The van der Waals surface area contributed by atoms with Crippen LogP contribution in [0.3, 0.4) is 0 Å². The number of ether oxygens (including phenoxy) is 2. The summed E-state index contributed by atoms with van der Waals surface area (Å²) in [7, 11) is 3.06. The van der Waals surface area contributed by atoms with Crippen molar-refractivity contribution < 1.29 is 9.47 Å². The molecule has 4 rings (SSSR count). The molecule has 136 valence electrons. The summed E-state index contributed by atoms with van der Waals surface area (Å²) in [6.45, 7) is 6.47. The molecule has 0 unspecified atom stereocenters. The van der Waals surface area contributed by atoms with Crippen molar-refractivity contribution in [2.24, 2.45) is 5.41 Å². The van der Waals surface area contributed by atoms with Crippen molar-refractivity contribution in [3.63, 3.8) is 0 Å². The zero-order chi connectivity index (χ0) is 18.3. The molecule has 0 aromatic carbocycles. The SMILES string of the molecule is COc1ncc(-n2cc3c(N4CCC(C)(C)C4)ncnc3n2)c(OC)n1. The highest BCUT2D eigenvalue weighted by Gasteiger charge is 2.31. The molecule has 0 saturated carbocycles. The molecule has 0 radical (unpaired) electrons. The lowest BCUT2D eigenvalue weighted by atomic mass is 9.93. The highest BCUT2D eigenvalue weighted by Crippen LogP contribution is 2.34. The molecule has 4 heterocycles. The highest BCUT2D eigenvalue weighted by molar-refractivity contribution is 5.87. The van der Waals surface area contributed by atoms with Gasteiger partial charge < -0.3 is 14.4 Å². The standard InChI is InChI=1S/C17H21N7O2/c1-17(2)5-6-23(9-17)14-11-8-24(22-13(11)19-10-20-14)12-7-18-16(26-4)21-15(12)25-3/h7-8,10H,5-6,9H2,1-4H3. The number of rotatable bonds is 4. The van der Waals surface area contributed by atoms with E-state index in [1.54, 1.807) is 24.3 Å². The molecule has 1 aliphatic heterocycles. The minimum atomic E-state index is 0.238. The number of aromatic nitrogens is 6. The van der Waals surface area contributed by atoms with Crippen LogP contribution in [-0.4, -0.2) is 57.0 Å². The van der Waals surface area contributed by atoms with E-state index in [0.29, 0.717) is 17.2 Å². The summed E-state index contributed by atoms with van der Waals surface area (Å²) in [5.74, 6) is 1.28. The first-order chi connectivity index (χ1) is 12.5. The van der Waals surface area contributed by atoms with Gasteiger partial charge in [-0.05, 0) is 11.8 Å². The average Bonchev–Trinajstić information content (AvgIpc) is 3.23. The van der Waals surface area contributed by atoms with Crippen LogP contribution in [-0.2, 0) is 0 Å². The molecular weight excluding hydrogens is 334 g/mol. The Bertz CT molecular complexity index is 953. The van der Waals surface area contributed by atoms with Gasteiger partial charge in [0, 0.05) is 19.3 Å². The van der Waals surface area contributed by atoms with E-state index < -0.39 is 0 Å². The van der Waals surface area contributed by atoms with Gasteiger partial charge in [-0.2, -0.15) is 4.98 Å². The number of anilines is 1. The van der Waals surface area contributed by atoms with Crippen LogP contribution >= 0.6 is 0 Å². The topological polar surface area (TPSA) is 91.1 Å². The molecule has 0 N–H and O–H groups in total. The Labute approximate surface area is 151 Å². The fourth-order valence-corrected chi connectivity index (χ4v) is 3.24. The fourth-order valence-electron chi connectivity index (χ4n) is 3.24. The third-order valence-electron chi connectivity index (χ3n) is 4.61. The molecule has 1 saturated heterocycles. The second kappa shape index (κ2) is 6.08. The van der Waals surface area contributed by atoms with E-state index in [2.05, 4.69) is 43.8 Å². The summed E-state index contributed by atoms with van der Waals surface area (Å²) in [4.78, 5) is 19.5. The van der Waals surface area contributed by atoms with E-state index in [1.165, 1.54) is 7.11 Å². The van der Waals surface area contributed by atoms with Gasteiger partial charge in [0.2, 0.25) is 5.88 Å². The number of hydrogen-bond acceptors (Lipinski definition) is 8. The quantitative estimate of drug-likeness (QED) is 0.700. The molecule has 26 heavy (non-hydrogen) atoms. The Hall–Kier alpha value is -2.97. The van der Waals surface area contributed by atoms with E-state index in [0.717, 1.165) is 30.7 Å². The zero-order valence-electron chi connectivity index (χ0n) is 15.3. The number of hydrogen-bond donors (Lipinski definition) is 0. The van der Waals surface area contributed by atoms with Crippen LogP contribution in [0.5, 0.6) is 11.9 Å². The predicted molar refractivity (Wildman–Crippen MR) is 96.0 cm³/mol. The van der Waals surface area contributed by atoms with E-state index >= 15 is 0 Å². The molecule has 3 aromatic rings. The first-order valence-electron chi connectivity index (χ1n) is 8.41. The Kier molecular flexibility index (Phi) is 3.86. The lowest BCUT2D eigenvalue weighted by Crippen LogP contribution is -2.23. The van der Waals surface area contributed by atoms with E-state index in [9.17, 15) is 0 Å². The molecule has 9 heteroatoms. The van der Waals surface area contributed by atoms with Crippen molar-refractivity contribution in [2.75, 3.05) is 32.2 Å². The van der Waals surface area contributed by atoms with Crippen LogP contribution in [0.4, 0.5) is 5.82 Å². The average molecular weight is 355 g/mol. The van der Waals surface area contributed by atoms with Gasteiger partial charge in [-0.15, -0.1) is 5.10 Å². The van der Waals surface area contributed by atoms with Gasteiger partial charge in [0.25, 0.3) is 0 Å². The normalized spacial score (nSPS) is 16.2. The van der Waals surface area contributed by atoms with Crippen LogP contribution in [0.1, 0.15) is 20.3 Å². The minimum Gasteiger partial charge on any atom is -0.479 e. The maximum atomic E-state index is 5.36. The largest absolute Gasteiger partial charge is 0.479 e. The third kappa shape index (κ3) is 2.79. The number of methoxy groups -OCH3 is 2. The molecule has 1 fully saturated rings. The monoisotopic (exact) mass is 355 g/mol. The van der Waals surface area contributed by atoms with Gasteiger partial charge in [0.15, 0.2) is 5.65 Å².